The summed E-state index contributed by atoms with van der Waals surface area (Å²) >= 11 is 0. The van der Waals surface area contributed by atoms with Crippen LogP contribution in [0.5, 0.6) is 0 Å². The number of aliphatic hydroxyl groups is 1. The van der Waals surface area contributed by atoms with Gasteiger partial charge in [0.15, 0.2) is 5.84 Å². The molecule has 1 amide bonds. The Bertz CT molecular complexity index is 1450. The van der Waals surface area contributed by atoms with Crippen molar-refractivity contribution in [1.82, 2.24) is 4.90 Å². The fourth-order valence-corrected chi connectivity index (χ4v) is 9.00. The Kier molecular flexibility index (Phi) is 5.65. The molecule has 6 rings (SSSR count). The Morgan fingerprint density at radius 2 is 1.92 bits per heavy atom. The van der Waals surface area contributed by atoms with Gasteiger partial charge in [0.2, 0.25) is 10.0 Å². The highest BCUT2D eigenvalue weighted by atomic mass is 32.2. The number of benzene rings is 1. The molecule has 2 bridgehead atoms. The molecule has 3 fully saturated rings. The molecule has 1 aromatic carbocycles. The number of carbonyl (C=O) groups excluding carboxylic acids is 1. The van der Waals surface area contributed by atoms with Crippen LogP contribution in [0.2, 0.25) is 0 Å². The van der Waals surface area contributed by atoms with Gasteiger partial charge in [-0.1, -0.05) is 13.8 Å². The van der Waals surface area contributed by atoms with Crippen molar-refractivity contribution in [3.63, 3.8) is 0 Å². The molecule has 3 saturated carbocycles. The standard InChI is InChI=1S/C25H32N4O6S2/c1-13(2)9-10-29-22-15-4-3-14(11-15)20(22)23(30)21(25(29)31)24-26-18-8-5-16(12-19(18)37(34,35)28-24)27-36(32,33)17-6-7-17/h5,8,12-15,17,20,22,27,30H,3-4,6-7,9-11H2,1-2H3,(H,26,28)/t14-,15+,20?,22?/m0/s1. The third-order valence-electron chi connectivity index (χ3n) is 8.41. The number of aliphatic hydroxyl groups excluding tert-OH is 1. The van der Waals surface area contributed by atoms with Gasteiger partial charge in [-0.3, -0.25) is 9.52 Å². The molecule has 12 heteroatoms. The molecular weight excluding hydrogens is 516 g/mol. The van der Waals surface area contributed by atoms with E-state index in [1.807, 2.05) is 4.90 Å². The van der Waals surface area contributed by atoms with Crippen LogP contribution < -0.4 is 10.0 Å². The minimum absolute atomic E-state index is 0.0658. The smallest absolute Gasteiger partial charge is 0.286 e. The molecule has 4 atom stereocenters. The fraction of sp³-hybridized carbons (Fsp3) is 0.600. The van der Waals surface area contributed by atoms with Crippen LogP contribution in [0.25, 0.3) is 0 Å². The van der Waals surface area contributed by atoms with E-state index < -0.39 is 31.2 Å². The van der Waals surface area contributed by atoms with E-state index in [1.54, 1.807) is 0 Å². The Balaban J connectivity index is 1.36. The second-order valence-corrected chi connectivity index (χ2v) is 14.9. The van der Waals surface area contributed by atoms with Crippen molar-refractivity contribution in [1.29, 1.82) is 0 Å². The van der Waals surface area contributed by atoms with E-state index in [0.29, 0.717) is 31.2 Å². The van der Waals surface area contributed by atoms with Crippen LogP contribution >= 0.6 is 0 Å². The number of nitrogens with one attached hydrogen (secondary N) is 2. The summed E-state index contributed by atoms with van der Waals surface area (Å²) in [6.07, 6.45) is 4.94. The molecule has 200 valence electrons. The number of anilines is 2. The fourth-order valence-electron chi connectivity index (χ4n) is 6.48. The lowest BCUT2D eigenvalue weighted by atomic mass is 9.77. The predicted octanol–water partition coefficient (Wildman–Crippen LogP) is 3.22. The average Bonchev–Trinajstić information content (AvgIpc) is 3.49. The van der Waals surface area contributed by atoms with Crippen molar-refractivity contribution in [2.45, 2.75) is 68.6 Å². The Hall–Kier alpha value is -2.60. The third kappa shape index (κ3) is 4.12. The number of rotatable bonds is 7. The Morgan fingerprint density at radius 1 is 1.19 bits per heavy atom. The van der Waals surface area contributed by atoms with Gasteiger partial charge in [-0.15, -0.1) is 4.40 Å². The number of hydrogen-bond donors (Lipinski definition) is 3. The molecule has 0 aromatic heterocycles. The first-order chi connectivity index (χ1) is 17.5. The monoisotopic (exact) mass is 548 g/mol. The lowest BCUT2D eigenvalue weighted by Gasteiger charge is -2.44. The number of sulfonamides is 2. The van der Waals surface area contributed by atoms with E-state index in [0.717, 1.165) is 25.7 Å². The van der Waals surface area contributed by atoms with Gasteiger partial charge in [0.25, 0.3) is 15.9 Å². The predicted molar refractivity (Wildman–Crippen MR) is 139 cm³/mol. The first kappa shape index (κ1) is 24.7. The van der Waals surface area contributed by atoms with Gasteiger partial charge in [0, 0.05) is 24.2 Å². The lowest BCUT2D eigenvalue weighted by molar-refractivity contribution is -0.133. The SMILES string of the molecule is CC(C)CCN1C(=O)C(C2=NS(=O)(=O)c3cc(NS(=O)(=O)C4CC4)ccc3N2)=C(O)C2C1[C@@H]1CC[C@H]2C1. The summed E-state index contributed by atoms with van der Waals surface area (Å²) in [4.78, 5) is 15.4. The zero-order chi connectivity index (χ0) is 26.3. The highest BCUT2D eigenvalue weighted by Crippen LogP contribution is 2.55. The maximum atomic E-state index is 13.8. The summed E-state index contributed by atoms with van der Waals surface area (Å²) < 4.78 is 57.4. The van der Waals surface area contributed by atoms with E-state index in [9.17, 15) is 26.7 Å². The van der Waals surface area contributed by atoms with Gasteiger partial charge in [-0.25, -0.2) is 8.42 Å². The van der Waals surface area contributed by atoms with E-state index in [1.165, 1.54) is 18.2 Å². The van der Waals surface area contributed by atoms with Crippen molar-refractivity contribution in [2.24, 2.45) is 28.1 Å². The maximum Gasteiger partial charge on any atom is 0.286 e. The van der Waals surface area contributed by atoms with Crippen LogP contribution in [-0.4, -0.2) is 56.4 Å². The summed E-state index contributed by atoms with van der Waals surface area (Å²) in [5, 5.41) is 13.9. The van der Waals surface area contributed by atoms with Gasteiger partial charge in [-0.2, -0.15) is 8.42 Å². The van der Waals surface area contributed by atoms with Crippen LogP contribution in [0.15, 0.2) is 38.8 Å². The molecule has 2 aliphatic heterocycles. The molecule has 1 aromatic rings. The molecule has 0 saturated heterocycles. The highest BCUT2D eigenvalue weighted by Gasteiger charge is 2.57. The van der Waals surface area contributed by atoms with E-state index in [4.69, 9.17) is 0 Å². The van der Waals surface area contributed by atoms with Gasteiger partial charge < -0.3 is 15.3 Å². The number of amides is 1. The minimum atomic E-state index is -4.27. The quantitative estimate of drug-likeness (QED) is 0.474. The zero-order valence-corrected chi connectivity index (χ0v) is 22.5. The topological polar surface area (TPSA) is 145 Å². The number of hydrogen-bond acceptors (Lipinski definition) is 7. The minimum Gasteiger partial charge on any atom is -0.511 e. The molecule has 0 spiro atoms. The normalized spacial score (nSPS) is 30.2. The number of amidine groups is 1. The largest absolute Gasteiger partial charge is 0.511 e. The van der Waals surface area contributed by atoms with Gasteiger partial charge in [0.05, 0.1) is 10.9 Å². The van der Waals surface area contributed by atoms with Crippen molar-refractivity contribution < 1.29 is 26.7 Å². The van der Waals surface area contributed by atoms with Crippen molar-refractivity contribution >= 4 is 43.2 Å². The summed E-state index contributed by atoms with van der Waals surface area (Å²) in [5.74, 6) is 0.126. The molecule has 2 unspecified atom stereocenters. The van der Waals surface area contributed by atoms with Gasteiger partial charge in [0.1, 0.15) is 16.2 Å². The van der Waals surface area contributed by atoms with Crippen LogP contribution in [0.3, 0.4) is 0 Å². The van der Waals surface area contributed by atoms with Gasteiger partial charge >= 0.3 is 0 Å². The van der Waals surface area contributed by atoms with E-state index >= 15 is 0 Å². The van der Waals surface area contributed by atoms with E-state index in [2.05, 4.69) is 28.3 Å². The first-order valence-electron chi connectivity index (χ1n) is 13.0. The van der Waals surface area contributed by atoms with Crippen LogP contribution in [0, 0.1) is 23.7 Å². The number of nitrogens with zero attached hydrogens (tertiary/aromatic N) is 2. The summed E-state index contributed by atoms with van der Waals surface area (Å²) in [6.45, 7) is 4.73. The molecule has 5 aliphatic rings. The maximum absolute atomic E-state index is 13.8. The van der Waals surface area contributed by atoms with Crippen molar-refractivity contribution in [2.75, 3.05) is 16.6 Å². The average molecular weight is 549 g/mol. The second kappa shape index (κ2) is 8.45. The van der Waals surface area contributed by atoms with Crippen LogP contribution in [0.4, 0.5) is 11.4 Å². The van der Waals surface area contributed by atoms with Crippen LogP contribution in [-0.2, 0) is 24.8 Å². The van der Waals surface area contributed by atoms with Crippen LogP contribution in [0.1, 0.15) is 52.4 Å². The molecule has 37 heavy (non-hydrogen) atoms. The van der Waals surface area contributed by atoms with Gasteiger partial charge in [-0.05, 0) is 74.5 Å². The zero-order valence-electron chi connectivity index (χ0n) is 20.8. The third-order valence-corrected chi connectivity index (χ3v) is 11.6. The molecule has 3 aliphatic carbocycles. The Morgan fingerprint density at radius 3 is 2.62 bits per heavy atom. The molecular formula is C25H32N4O6S2. The number of fused-ring (bicyclic) bond motifs is 6. The molecule has 2 heterocycles. The van der Waals surface area contributed by atoms with Crippen molar-refractivity contribution in [3.8, 4) is 0 Å². The Labute approximate surface area is 217 Å². The lowest BCUT2D eigenvalue weighted by Crippen LogP contribution is -2.54. The molecule has 3 N–H and O–H groups in total. The molecule has 10 nitrogen and oxygen atoms in total. The number of carbonyl (C=O) groups is 1. The summed E-state index contributed by atoms with van der Waals surface area (Å²) in [5.41, 5.74) is 0.233. The first-order valence-corrected chi connectivity index (χ1v) is 16.0. The second-order valence-electron chi connectivity index (χ2n) is 11.4. The van der Waals surface area contributed by atoms with Crippen molar-refractivity contribution in [3.05, 3.63) is 29.5 Å². The highest BCUT2D eigenvalue weighted by molar-refractivity contribution is 7.93. The summed E-state index contributed by atoms with van der Waals surface area (Å²) in [7, 11) is -7.84. The van der Waals surface area contributed by atoms with E-state index in [-0.39, 0.29) is 51.3 Å². The molecule has 0 radical (unpaired) electrons. The summed E-state index contributed by atoms with van der Waals surface area (Å²) in [6, 6.07) is 4.09.